The van der Waals surface area contributed by atoms with Crippen molar-refractivity contribution in [2.24, 2.45) is 0 Å². The van der Waals surface area contributed by atoms with Gasteiger partial charge in [0.1, 0.15) is 17.6 Å². The molecule has 0 saturated heterocycles. The summed E-state index contributed by atoms with van der Waals surface area (Å²) in [4.78, 5) is 27.7. The third-order valence-corrected chi connectivity index (χ3v) is 2.55. The average molecular weight is 282 g/mol. The third kappa shape index (κ3) is 3.89. The second-order valence-electron chi connectivity index (χ2n) is 4.41. The van der Waals surface area contributed by atoms with Crippen LogP contribution >= 0.6 is 0 Å². The van der Waals surface area contributed by atoms with Gasteiger partial charge in [-0.1, -0.05) is 0 Å². The molecule has 0 aliphatic heterocycles. The van der Waals surface area contributed by atoms with Crippen molar-refractivity contribution in [3.05, 3.63) is 27.9 Å². The Morgan fingerprint density at radius 1 is 1.65 bits per heavy atom. The lowest BCUT2D eigenvalue weighted by molar-refractivity contribution is -0.385. The molecule has 1 unspecified atom stereocenters. The Bertz CT molecular complexity index is 504. The van der Waals surface area contributed by atoms with Crippen LogP contribution in [0.25, 0.3) is 0 Å². The largest absolute Gasteiger partial charge is 0.392 e. The number of amides is 1. The summed E-state index contributed by atoms with van der Waals surface area (Å²) in [5, 5.41) is 23.1. The van der Waals surface area contributed by atoms with E-state index in [1.165, 1.54) is 24.9 Å². The number of nitrogens with one attached hydrogen (secondary N) is 1. The highest BCUT2D eigenvalue weighted by Gasteiger charge is 2.24. The van der Waals surface area contributed by atoms with E-state index in [0.29, 0.717) is 12.4 Å². The summed E-state index contributed by atoms with van der Waals surface area (Å²) in [6, 6.07) is 1.35. The van der Waals surface area contributed by atoms with Crippen LogP contribution in [0.5, 0.6) is 0 Å². The summed E-state index contributed by atoms with van der Waals surface area (Å²) < 4.78 is 0. The fraction of sp³-hybridized carbons (Fsp3) is 0.500. The van der Waals surface area contributed by atoms with Gasteiger partial charge >= 0.3 is 0 Å². The van der Waals surface area contributed by atoms with E-state index in [1.54, 1.807) is 0 Å². The fourth-order valence-corrected chi connectivity index (χ4v) is 1.73. The monoisotopic (exact) mass is 282 g/mol. The zero-order chi connectivity index (χ0) is 15.3. The molecule has 1 amide bonds. The van der Waals surface area contributed by atoms with Crippen molar-refractivity contribution < 1.29 is 14.8 Å². The first kappa shape index (κ1) is 15.8. The maximum Gasteiger partial charge on any atom is 0.300 e. The topological polar surface area (TPSA) is 109 Å². The predicted octanol–water partition coefficient (Wildman–Crippen LogP) is 0.874. The molecule has 0 fully saturated rings. The van der Waals surface area contributed by atoms with Gasteiger partial charge in [-0.05, 0) is 13.8 Å². The fourth-order valence-electron chi connectivity index (χ4n) is 1.73. The molecule has 0 spiro atoms. The van der Waals surface area contributed by atoms with E-state index in [9.17, 15) is 20.0 Å². The van der Waals surface area contributed by atoms with Crippen LogP contribution in [0.15, 0.2) is 12.3 Å². The molecular weight excluding hydrogens is 264 g/mol. The Labute approximate surface area is 116 Å². The third-order valence-electron chi connectivity index (χ3n) is 2.55. The van der Waals surface area contributed by atoms with Gasteiger partial charge in [-0.3, -0.25) is 14.9 Å². The van der Waals surface area contributed by atoms with Crippen molar-refractivity contribution in [1.82, 2.24) is 9.88 Å². The SMILES string of the molecule is CCNc1cc(C(=O)N(C)CC(C)O)c([N+](=O)[O-])cn1. The van der Waals surface area contributed by atoms with E-state index in [-0.39, 0.29) is 17.8 Å². The molecule has 0 aromatic carbocycles. The second kappa shape index (κ2) is 6.80. The Hall–Kier alpha value is -2.22. The van der Waals surface area contributed by atoms with Crippen molar-refractivity contribution >= 4 is 17.4 Å². The summed E-state index contributed by atoms with van der Waals surface area (Å²) in [5.74, 6) is -0.133. The second-order valence-corrected chi connectivity index (χ2v) is 4.41. The summed E-state index contributed by atoms with van der Waals surface area (Å²) in [7, 11) is 1.48. The number of pyridine rings is 1. The first-order valence-electron chi connectivity index (χ1n) is 6.18. The van der Waals surface area contributed by atoms with Crippen LogP contribution in [0.3, 0.4) is 0 Å². The van der Waals surface area contributed by atoms with E-state index in [1.807, 2.05) is 6.92 Å². The molecule has 1 aromatic heterocycles. The molecule has 1 heterocycles. The Morgan fingerprint density at radius 3 is 2.80 bits per heavy atom. The molecule has 1 rings (SSSR count). The zero-order valence-electron chi connectivity index (χ0n) is 11.7. The van der Waals surface area contributed by atoms with Crippen LogP contribution in [0.1, 0.15) is 24.2 Å². The minimum atomic E-state index is -0.710. The standard InChI is InChI=1S/C12H18N4O4/c1-4-13-11-5-9(10(6-14-11)16(19)20)12(18)15(3)7-8(2)17/h5-6,8,17H,4,7H2,1-3H3,(H,13,14). The molecule has 1 atom stereocenters. The van der Waals surface area contributed by atoms with Crippen molar-refractivity contribution in [2.45, 2.75) is 20.0 Å². The highest BCUT2D eigenvalue weighted by molar-refractivity contribution is 5.98. The van der Waals surface area contributed by atoms with E-state index < -0.39 is 16.9 Å². The molecule has 20 heavy (non-hydrogen) atoms. The Kier molecular flexibility index (Phi) is 5.39. The van der Waals surface area contributed by atoms with Crippen molar-refractivity contribution in [2.75, 3.05) is 25.5 Å². The first-order chi connectivity index (χ1) is 9.36. The minimum absolute atomic E-state index is 0.0518. The maximum atomic E-state index is 12.2. The molecule has 1 aromatic rings. The molecule has 8 heteroatoms. The number of hydrogen-bond acceptors (Lipinski definition) is 6. The van der Waals surface area contributed by atoms with Gasteiger partial charge in [0, 0.05) is 26.2 Å². The summed E-state index contributed by atoms with van der Waals surface area (Å²) in [6.45, 7) is 4.07. The number of anilines is 1. The summed E-state index contributed by atoms with van der Waals surface area (Å²) in [6.07, 6.45) is 0.347. The van der Waals surface area contributed by atoms with Gasteiger partial charge in [-0.15, -0.1) is 0 Å². The number of nitro groups is 1. The smallest absolute Gasteiger partial charge is 0.300 e. The molecule has 8 nitrogen and oxygen atoms in total. The number of aromatic nitrogens is 1. The highest BCUT2D eigenvalue weighted by atomic mass is 16.6. The van der Waals surface area contributed by atoms with E-state index >= 15 is 0 Å². The molecule has 0 bridgehead atoms. The molecular formula is C12H18N4O4. The number of carbonyl (C=O) groups excluding carboxylic acids is 1. The first-order valence-corrected chi connectivity index (χ1v) is 6.18. The number of carbonyl (C=O) groups is 1. The van der Waals surface area contributed by atoms with Gasteiger partial charge in [0.15, 0.2) is 0 Å². The number of rotatable bonds is 6. The quantitative estimate of drug-likeness (QED) is 0.592. The van der Waals surface area contributed by atoms with Crippen molar-refractivity contribution in [3.63, 3.8) is 0 Å². The average Bonchev–Trinajstić information content (AvgIpc) is 2.37. The Morgan fingerprint density at radius 2 is 2.30 bits per heavy atom. The van der Waals surface area contributed by atoms with E-state index in [2.05, 4.69) is 10.3 Å². The zero-order valence-corrected chi connectivity index (χ0v) is 11.7. The Balaban J connectivity index is 3.14. The van der Waals surface area contributed by atoms with Crippen LogP contribution in [-0.2, 0) is 0 Å². The van der Waals surface area contributed by atoms with Gasteiger partial charge in [-0.25, -0.2) is 4.98 Å². The van der Waals surface area contributed by atoms with Gasteiger partial charge in [0.05, 0.1) is 11.0 Å². The van der Waals surface area contributed by atoms with Crippen LogP contribution in [0.4, 0.5) is 11.5 Å². The van der Waals surface area contributed by atoms with Gasteiger partial charge in [-0.2, -0.15) is 0 Å². The molecule has 2 N–H and O–H groups in total. The van der Waals surface area contributed by atoms with Gasteiger partial charge in [0.25, 0.3) is 11.6 Å². The number of aliphatic hydroxyl groups excluding tert-OH is 1. The lowest BCUT2D eigenvalue weighted by Gasteiger charge is -2.19. The van der Waals surface area contributed by atoms with Gasteiger partial charge < -0.3 is 15.3 Å². The van der Waals surface area contributed by atoms with E-state index in [4.69, 9.17) is 0 Å². The number of nitrogens with zero attached hydrogens (tertiary/aromatic N) is 3. The van der Waals surface area contributed by atoms with Crippen molar-refractivity contribution in [1.29, 1.82) is 0 Å². The highest BCUT2D eigenvalue weighted by Crippen LogP contribution is 2.21. The lowest BCUT2D eigenvalue weighted by Crippen LogP contribution is -2.33. The molecule has 0 saturated carbocycles. The normalized spacial score (nSPS) is 11.8. The summed E-state index contributed by atoms with van der Waals surface area (Å²) >= 11 is 0. The number of hydrogen-bond donors (Lipinski definition) is 2. The number of likely N-dealkylation sites (N-methyl/N-ethyl adjacent to an activating group) is 1. The number of aliphatic hydroxyl groups is 1. The minimum Gasteiger partial charge on any atom is -0.392 e. The van der Waals surface area contributed by atoms with E-state index in [0.717, 1.165) is 6.20 Å². The van der Waals surface area contributed by atoms with Crippen LogP contribution < -0.4 is 5.32 Å². The molecule has 110 valence electrons. The van der Waals surface area contributed by atoms with Crippen LogP contribution in [0.2, 0.25) is 0 Å². The predicted molar refractivity (Wildman–Crippen MR) is 73.7 cm³/mol. The van der Waals surface area contributed by atoms with Gasteiger partial charge in [0.2, 0.25) is 0 Å². The molecule has 0 aliphatic carbocycles. The van der Waals surface area contributed by atoms with Crippen LogP contribution in [0, 0.1) is 10.1 Å². The molecule has 0 aliphatic rings. The van der Waals surface area contributed by atoms with Crippen LogP contribution in [-0.4, -0.2) is 52.1 Å². The maximum absolute atomic E-state index is 12.2. The molecule has 0 radical (unpaired) electrons. The lowest BCUT2D eigenvalue weighted by atomic mass is 10.2. The summed E-state index contributed by atoms with van der Waals surface area (Å²) in [5.41, 5.74) is -0.404. The van der Waals surface area contributed by atoms with Crippen molar-refractivity contribution in [3.8, 4) is 0 Å².